The first-order valence-corrected chi connectivity index (χ1v) is 11.0. The molecule has 176 valence electrons. The number of ether oxygens (including phenoxy) is 2. The van der Waals surface area contributed by atoms with E-state index in [2.05, 4.69) is 5.32 Å². The van der Waals surface area contributed by atoms with Gasteiger partial charge in [0.2, 0.25) is 0 Å². The van der Waals surface area contributed by atoms with Crippen LogP contribution in [-0.4, -0.2) is 48.0 Å². The van der Waals surface area contributed by atoms with Crippen molar-refractivity contribution in [2.24, 2.45) is 0 Å². The van der Waals surface area contributed by atoms with E-state index >= 15 is 0 Å². The molecule has 0 bridgehead atoms. The number of nitrogens with one attached hydrogen (secondary N) is 1. The molecular formula is C25H29FN2O5. The topological polar surface area (TPSA) is 84.9 Å². The zero-order valence-corrected chi connectivity index (χ0v) is 19.1. The van der Waals surface area contributed by atoms with Gasteiger partial charge in [-0.1, -0.05) is 6.07 Å². The molecule has 0 aliphatic carbocycles. The zero-order valence-electron chi connectivity index (χ0n) is 19.1. The summed E-state index contributed by atoms with van der Waals surface area (Å²) in [6, 6.07) is 10.8. The van der Waals surface area contributed by atoms with Crippen molar-refractivity contribution in [1.82, 2.24) is 4.90 Å². The van der Waals surface area contributed by atoms with E-state index < -0.39 is 24.3 Å². The van der Waals surface area contributed by atoms with E-state index in [0.29, 0.717) is 11.3 Å². The number of nitrogens with zero attached hydrogens (tertiary/aromatic N) is 1. The molecule has 1 fully saturated rings. The lowest BCUT2D eigenvalue weighted by Gasteiger charge is -2.38. The molecule has 0 saturated carbocycles. The molecule has 0 aromatic heterocycles. The Morgan fingerprint density at radius 2 is 1.70 bits per heavy atom. The van der Waals surface area contributed by atoms with Crippen molar-refractivity contribution in [1.29, 1.82) is 0 Å². The standard InChI is InChI=1S/C25H29FN2O5/c1-16-7-10-20(13-22(16)26)27-23(29)14-33-25(31)19-8-11-21(12-9-19)32-15-24(30)28-17(2)5-4-6-18(28)3/h7-13,17-18H,4-6,14-15H2,1-3H3,(H,27,29). The van der Waals surface area contributed by atoms with Gasteiger partial charge in [0, 0.05) is 17.8 Å². The Kier molecular flexibility index (Phi) is 8.03. The summed E-state index contributed by atoms with van der Waals surface area (Å²) in [5.74, 6) is -1.30. The number of anilines is 1. The minimum Gasteiger partial charge on any atom is -0.484 e. The first kappa shape index (κ1) is 24.2. The smallest absolute Gasteiger partial charge is 0.338 e. The number of carbonyl (C=O) groups excluding carboxylic acids is 3. The molecule has 0 radical (unpaired) electrons. The molecular weight excluding hydrogens is 427 g/mol. The van der Waals surface area contributed by atoms with Gasteiger partial charge in [0.05, 0.1) is 5.56 Å². The van der Waals surface area contributed by atoms with Crippen molar-refractivity contribution in [3.05, 3.63) is 59.4 Å². The number of rotatable bonds is 7. The van der Waals surface area contributed by atoms with Crippen LogP contribution in [0.5, 0.6) is 5.75 Å². The number of hydrogen-bond donors (Lipinski definition) is 1. The van der Waals surface area contributed by atoms with Gasteiger partial charge in [0.15, 0.2) is 13.2 Å². The molecule has 3 rings (SSSR count). The first-order chi connectivity index (χ1) is 15.7. The number of aryl methyl sites for hydroxylation is 1. The van der Waals surface area contributed by atoms with Gasteiger partial charge in [-0.15, -0.1) is 0 Å². The van der Waals surface area contributed by atoms with Crippen LogP contribution in [0.3, 0.4) is 0 Å². The molecule has 1 saturated heterocycles. The molecule has 2 atom stereocenters. The second-order valence-corrected chi connectivity index (χ2v) is 8.33. The van der Waals surface area contributed by atoms with Crippen LogP contribution in [0.2, 0.25) is 0 Å². The highest BCUT2D eigenvalue weighted by Crippen LogP contribution is 2.23. The number of likely N-dealkylation sites (tertiary alicyclic amines) is 1. The third kappa shape index (κ3) is 6.54. The Bertz CT molecular complexity index is 998. The van der Waals surface area contributed by atoms with Crippen molar-refractivity contribution >= 4 is 23.5 Å². The van der Waals surface area contributed by atoms with Crippen molar-refractivity contribution in [2.45, 2.75) is 52.1 Å². The average Bonchev–Trinajstić information content (AvgIpc) is 2.79. The van der Waals surface area contributed by atoms with Crippen LogP contribution in [0, 0.1) is 12.7 Å². The van der Waals surface area contributed by atoms with Gasteiger partial charge in [0.1, 0.15) is 11.6 Å². The Morgan fingerprint density at radius 1 is 1.03 bits per heavy atom. The summed E-state index contributed by atoms with van der Waals surface area (Å²) in [5.41, 5.74) is 0.983. The summed E-state index contributed by atoms with van der Waals surface area (Å²) >= 11 is 0. The number of carbonyl (C=O) groups is 3. The molecule has 2 amide bonds. The molecule has 0 spiro atoms. The van der Waals surface area contributed by atoms with Crippen LogP contribution >= 0.6 is 0 Å². The maximum atomic E-state index is 13.6. The monoisotopic (exact) mass is 456 g/mol. The van der Waals surface area contributed by atoms with Crippen LogP contribution in [0.25, 0.3) is 0 Å². The minimum absolute atomic E-state index is 0.0577. The van der Waals surface area contributed by atoms with Gasteiger partial charge in [-0.2, -0.15) is 0 Å². The Hall–Kier alpha value is -3.42. The van der Waals surface area contributed by atoms with E-state index in [0.717, 1.165) is 19.3 Å². The molecule has 2 unspecified atom stereocenters. The molecule has 2 aromatic carbocycles. The highest BCUT2D eigenvalue weighted by atomic mass is 19.1. The Balaban J connectivity index is 1.46. The minimum atomic E-state index is -0.682. The molecule has 1 N–H and O–H groups in total. The van der Waals surface area contributed by atoms with Crippen LogP contribution < -0.4 is 10.1 Å². The molecule has 1 aliphatic heterocycles. The molecule has 1 aliphatic rings. The molecule has 8 heteroatoms. The molecule has 1 heterocycles. The third-order valence-corrected chi connectivity index (χ3v) is 5.72. The van der Waals surface area contributed by atoms with Gasteiger partial charge in [-0.25, -0.2) is 9.18 Å². The fraction of sp³-hybridized carbons (Fsp3) is 0.400. The molecule has 2 aromatic rings. The molecule has 33 heavy (non-hydrogen) atoms. The van der Waals surface area contributed by atoms with Crippen molar-refractivity contribution in [2.75, 3.05) is 18.5 Å². The Morgan fingerprint density at radius 3 is 2.33 bits per heavy atom. The van der Waals surface area contributed by atoms with Crippen LogP contribution in [0.1, 0.15) is 49.0 Å². The van der Waals surface area contributed by atoms with Crippen LogP contribution in [0.4, 0.5) is 10.1 Å². The number of hydrogen-bond acceptors (Lipinski definition) is 5. The SMILES string of the molecule is Cc1ccc(NC(=O)COC(=O)c2ccc(OCC(=O)N3C(C)CCCC3C)cc2)cc1F. The maximum Gasteiger partial charge on any atom is 0.338 e. The maximum absolute atomic E-state index is 13.6. The number of esters is 1. The summed E-state index contributed by atoms with van der Waals surface area (Å²) in [5, 5.41) is 2.47. The van der Waals surface area contributed by atoms with Gasteiger partial charge in [-0.05, 0) is 82.0 Å². The number of benzene rings is 2. The lowest BCUT2D eigenvalue weighted by Crippen LogP contribution is -2.49. The van der Waals surface area contributed by atoms with E-state index in [4.69, 9.17) is 9.47 Å². The lowest BCUT2D eigenvalue weighted by atomic mass is 9.97. The second-order valence-electron chi connectivity index (χ2n) is 8.33. The van der Waals surface area contributed by atoms with E-state index in [1.54, 1.807) is 31.2 Å². The predicted octanol–water partition coefficient (Wildman–Crippen LogP) is 4.10. The zero-order chi connectivity index (χ0) is 24.0. The van der Waals surface area contributed by atoms with Crippen molar-refractivity contribution < 1.29 is 28.2 Å². The summed E-state index contributed by atoms with van der Waals surface area (Å²) in [4.78, 5) is 38.6. The van der Waals surface area contributed by atoms with Crippen LogP contribution in [0.15, 0.2) is 42.5 Å². The summed E-state index contributed by atoms with van der Waals surface area (Å²) in [6.07, 6.45) is 3.11. The molecule has 7 nitrogen and oxygen atoms in total. The average molecular weight is 457 g/mol. The Labute approximate surface area is 192 Å². The first-order valence-electron chi connectivity index (χ1n) is 11.0. The summed E-state index contributed by atoms with van der Waals surface area (Å²) in [6.45, 7) is 5.14. The van der Waals surface area contributed by atoms with E-state index in [1.165, 1.54) is 18.2 Å². The normalized spacial score (nSPS) is 17.9. The van der Waals surface area contributed by atoms with E-state index in [1.807, 2.05) is 18.7 Å². The fourth-order valence-electron chi connectivity index (χ4n) is 3.90. The largest absolute Gasteiger partial charge is 0.484 e. The summed E-state index contributed by atoms with van der Waals surface area (Å²) in [7, 11) is 0. The van der Waals surface area contributed by atoms with Crippen molar-refractivity contribution in [3.63, 3.8) is 0 Å². The van der Waals surface area contributed by atoms with Crippen molar-refractivity contribution in [3.8, 4) is 5.75 Å². The predicted molar refractivity (Wildman–Crippen MR) is 122 cm³/mol. The number of piperidine rings is 1. The van der Waals surface area contributed by atoms with E-state index in [9.17, 15) is 18.8 Å². The fourth-order valence-corrected chi connectivity index (χ4v) is 3.90. The highest BCUT2D eigenvalue weighted by Gasteiger charge is 2.29. The summed E-state index contributed by atoms with van der Waals surface area (Å²) < 4.78 is 24.2. The third-order valence-electron chi connectivity index (χ3n) is 5.72. The van der Waals surface area contributed by atoms with Gasteiger partial charge < -0.3 is 19.7 Å². The second kappa shape index (κ2) is 10.9. The lowest BCUT2D eigenvalue weighted by molar-refractivity contribution is -0.139. The van der Waals surface area contributed by atoms with E-state index in [-0.39, 0.29) is 35.8 Å². The van der Waals surface area contributed by atoms with Gasteiger partial charge in [-0.3, -0.25) is 9.59 Å². The number of halogens is 1. The van der Waals surface area contributed by atoms with Crippen LogP contribution in [-0.2, 0) is 14.3 Å². The highest BCUT2D eigenvalue weighted by molar-refractivity contribution is 5.95. The van der Waals surface area contributed by atoms with Gasteiger partial charge in [0.25, 0.3) is 11.8 Å². The number of amides is 2. The van der Waals surface area contributed by atoms with Gasteiger partial charge >= 0.3 is 5.97 Å². The quantitative estimate of drug-likeness (QED) is 0.634.